The lowest BCUT2D eigenvalue weighted by Gasteiger charge is -2.36. The zero-order valence-corrected chi connectivity index (χ0v) is 20.6. The molecule has 2 atom stereocenters. The van der Waals surface area contributed by atoms with E-state index in [-0.39, 0.29) is 17.8 Å². The number of nitriles is 1. The Morgan fingerprint density at radius 1 is 0.914 bits per heavy atom. The molecule has 0 spiro atoms. The van der Waals surface area contributed by atoms with Crippen molar-refractivity contribution < 1.29 is 4.74 Å². The molecule has 1 aliphatic rings. The van der Waals surface area contributed by atoms with Crippen molar-refractivity contribution in [2.75, 3.05) is 18.0 Å². The number of benzene rings is 3. The maximum atomic E-state index is 13.6. The van der Waals surface area contributed by atoms with Gasteiger partial charge in [0, 0.05) is 36.0 Å². The van der Waals surface area contributed by atoms with Gasteiger partial charge in [-0.05, 0) is 91.7 Å². The van der Waals surface area contributed by atoms with E-state index in [9.17, 15) is 10.1 Å². The summed E-state index contributed by atoms with van der Waals surface area (Å²) in [5.41, 5.74) is 6.57. The molecule has 0 N–H and O–H groups in total. The molecule has 0 bridgehead atoms. The highest BCUT2D eigenvalue weighted by atomic mass is 16.5. The van der Waals surface area contributed by atoms with Crippen molar-refractivity contribution in [2.45, 2.75) is 39.9 Å². The third kappa shape index (κ3) is 4.22. The summed E-state index contributed by atoms with van der Waals surface area (Å²) >= 11 is 0. The molecule has 0 amide bonds. The molecule has 176 valence electrons. The summed E-state index contributed by atoms with van der Waals surface area (Å²) in [5, 5.41) is 10.9. The molecule has 2 heterocycles. The first-order valence-corrected chi connectivity index (χ1v) is 12.0. The molecular formula is C30H29N3O2. The fraction of sp³-hybridized carbons (Fsp3) is 0.267. The van der Waals surface area contributed by atoms with E-state index in [2.05, 4.69) is 36.9 Å². The molecule has 0 saturated carbocycles. The largest absolute Gasteiger partial charge is 0.372 e. The second kappa shape index (κ2) is 9.05. The lowest BCUT2D eigenvalue weighted by molar-refractivity contribution is -0.00521. The Kier molecular flexibility index (Phi) is 5.92. The lowest BCUT2D eigenvalue weighted by Crippen LogP contribution is -2.45. The molecule has 5 heteroatoms. The van der Waals surface area contributed by atoms with Crippen molar-refractivity contribution >= 4 is 16.5 Å². The van der Waals surface area contributed by atoms with E-state index < -0.39 is 0 Å². The molecule has 5 nitrogen and oxygen atoms in total. The summed E-state index contributed by atoms with van der Waals surface area (Å²) in [6, 6.07) is 22.1. The maximum absolute atomic E-state index is 13.6. The predicted molar refractivity (Wildman–Crippen MR) is 141 cm³/mol. The van der Waals surface area contributed by atoms with E-state index in [0.717, 1.165) is 52.1 Å². The van der Waals surface area contributed by atoms with Gasteiger partial charge in [-0.2, -0.15) is 5.26 Å². The normalized spacial score (nSPS) is 18.0. The summed E-state index contributed by atoms with van der Waals surface area (Å²) in [6.07, 6.45) is 2.31. The standard InChI is InChI=1S/C30H29N3O2/c1-19-14-23(8-9-24(19)15-31)27-6-5-7-28-29(27)20(2)16-33(30(28)34)26-12-10-25(11-13-26)32-17-21(3)35-22(4)18-32/h5-14,16,21-22H,17-18H2,1-4H3/t21-,22?/m1/s1. The number of hydrogen-bond donors (Lipinski definition) is 0. The molecule has 1 aromatic heterocycles. The van der Waals surface area contributed by atoms with Gasteiger partial charge in [-0.1, -0.05) is 24.3 Å². The van der Waals surface area contributed by atoms with Crippen LogP contribution in [-0.4, -0.2) is 29.9 Å². The summed E-state index contributed by atoms with van der Waals surface area (Å²) in [7, 11) is 0. The van der Waals surface area contributed by atoms with Gasteiger partial charge in [-0.25, -0.2) is 0 Å². The highest BCUT2D eigenvalue weighted by molar-refractivity contribution is 5.98. The van der Waals surface area contributed by atoms with Crippen LogP contribution >= 0.6 is 0 Å². The number of hydrogen-bond acceptors (Lipinski definition) is 4. The van der Waals surface area contributed by atoms with Gasteiger partial charge in [-0.15, -0.1) is 0 Å². The highest BCUT2D eigenvalue weighted by Crippen LogP contribution is 2.31. The molecule has 1 unspecified atom stereocenters. The van der Waals surface area contributed by atoms with Gasteiger partial charge >= 0.3 is 0 Å². The van der Waals surface area contributed by atoms with Crippen LogP contribution in [0.15, 0.2) is 71.7 Å². The first-order valence-electron chi connectivity index (χ1n) is 12.0. The van der Waals surface area contributed by atoms with Crippen LogP contribution in [0.4, 0.5) is 5.69 Å². The Bertz CT molecular complexity index is 1500. The minimum absolute atomic E-state index is 0.0424. The second-order valence-corrected chi connectivity index (χ2v) is 9.54. The summed E-state index contributed by atoms with van der Waals surface area (Å²) in [5.74, 6) is 0. The second-order valence-electron chi connectivity index (χ2n) is 9.54. The Morgan fingerprint density at radius 3 is 2.26 bits per heavy atom. The first-order chi connectivity index (χ1) is 16.9. The maximum Gasteiger partial charge on any atom is 0.262 e. The molecule has 0 radical (unpaired) electrons. The number of fused-ring (bicyclic) bond motifs is 1. The van der Waals surface area contributed by atoms with Crippen molar-refractivity contribution in [3.63, 3.8) is 0 Å². The molecule has 1 saturated heterocycles. The van der Waals surface area contributed by atoms with E-state index >= 15 is 0 Å². The van der Waals surface area contributed by atoms with Crippen LogP contribution in [0.25, 0.3) is 27.6 Å². The average Bonchev–Trinajstić information content (AvgIpc) is 2.85. The van der Waals surface area contributed by atoms with Gasteiger partial charge < -0.3 is 9.64 Å². The van der Waals surface area contributed by atoms with Gasteiger partial charge in [0.05, 0.1) is 23.8 Å². The fourth-order valence-corrected chi connectivity index (χ4v) is 5.20. The molecule has 35 heavy (non-hydrogen) atoms. The fourth-order valence-electron chi connectivity index (χ4n) is 5.20. The van der Waals surface area contributed by atoms with Crippen LogP contribution in [0.3, 0.4) is 0 Å². The minimum atomic E-state index is -0.0424. The Labute approximate surface area is 205 Å². The van der Waals surface area contributed by atoms with Crippen LogP contribution < -0.4 is 10.5 Å². The number of aromatic nitrogens is 1. The van der Waals surface area contributed by atoms with Gasteiger partial charge in [0.1, 0.15) is 0 Å². The number of nitrogens with zero attached hydrogens (tertiary/aromatic N) is 3. The molecule has 5 rings (SSSR count). The average molecular weight is 464 g/mol. The number of anilines is 1. The van der Waals surface area contributed by atoms with Crippen molar-refractivity contribution in [2.24, 2.45) is 0 Å². The summed E-state index contributed by atoms with van der Waals surface area (Å²) in [6.45, 7) is 9.90. The zero-order chi connectivity index (χ0) is 24.7. The van der Waals surface area contributed by atoms with Crippen LogP contribution in [0.2, 0.25) is 0 Å². The van der Waals surface area contributed by atoms with Crippen LogP contribution in [0, 0.1) is 25.2 Å². The zero-order valence-electron chi connectivity index (χ0n) is 20.6. The number of aryl methyl sites for hydroxylation is 2. The number of morpholine rings is 1. The Balaban J connectivity index is 1.56. The van der Waals surface area contributed by atoms with E-state index in [4.69, 9.17) is 4.74 Å². The lowest BCUT2D eigenvalue weighted by atomic mass is 9.94. The number of pyridine rings is 1. The first kappa shape index (κ1) is 22.9. The molecule has 4 aromatic rings. The van der Waals surface area contributed by atoms with Crippen LogP contribution in [0.1, 0.15) is 30.5 Å². The predicted octanol–water partition coefficient (Wildman–Crippen LogP) is 5.76. The van der Waals surface area contributed by atoms with Crippen LogP contribution in [-0.2, 0) is 4.74 Å². The Hall–Kier alpha value is -3.88. The van der Waals surface area contributed by atoms with Gasteiger partial charge in [0.2, 0.25) is 0 Å². The van der Waals surface area contributed by atoms with E-state index in [1.807, 2.05) is 68.6 Å². The van der Waals surface area contributed by atoms with Crippen molar-refractivity contribution in [3.05, 3.63) is 93.9 Å². The molecule has 1 aliphatic heterocycles. The number of ether oxygens (including phenoxy) is 1. The molecule has 0 aliphatic carbocycles. The van der Waals surface area contributed by atoms with Crippen molar-refractivity contribution in [1.82, 2.24) is 4.57 Å². The van der Waals surface area contributed by atoms with Gasteiger partial charge in [-0.3, -0.25) is 9.36 Å². The number of rotatable bonds is 3. The monoisotopic (exact) mass is 463 g/mol. The quantitative estimate of drug-likeness (QED) is 0.388. The Morgan fingerprint density at radius 2 is 1.60 bits per heavy atom. The van der Waals surface area contributed by atoms with Gasteiger partial charge in [0.15, 0.2) is 0 Å². The van der Waals surface area contributed by atoms with Crippen molar-refractivity contribution in [1.29, 1.82) is 5.26 Å². The van der Waals surface area contributed by atoms with Crippen LogP contribution in [0.5, 0.6) is 0 Å². The summed E-state index contributed by atoms with van der Waals surface area (Å²) in [4.78, 5) is 15.9. The minimum Gasteiger partial charge on any atom is -0.372 e. The van der Waals surface area contributed by atoms with E-state index in [1.54, 1.807) is 4.57 Å². The van der Waals surface area contributed by atoms with E-state index in [0.29, 0.717) is 10.9 Å². The third-order valence-corrected chi connectivity index (χ3v) is 6.80. The summed E-state index contributed by atoms with van der Waals surface area (Å²) < 4.78 is 7.59. The molecule has 3 aromatic carbocycles. The molecule has 1 fully saturated rings. The molecular weight excluding hydrogens is 434 g/mol. The van der Waals surface area contributed by atoms with Gasteiger partial charge in [0.25, 0.3) is 5.56 Å². The highest BCUT2D eigenvalue weighted by Gasteiger charge is 2.22. The van der Waals surface area contributed by atoms with E-state index in [1.165, 1.54) is 0 Å². The van der Waals surface area contributed by atoms with Crippen molar-refractivity contribution in [3.8, 4) is 22.9 Å². The topological polar surface area (TPSA) is 58.3 Å². The third-order valence-electron chi connectivity index (χ3n) is 6.80. The SMILES string of the molecule is Cc1cc(-c2cccc3c(=O)n(-c4ccc(N5CC(C)O[C@H](C)C5)cc4)cc(C)c23)ccc1C#N. The smallest absolute Gasteiger partial charge is 0.262 e.